The summed E-state index contributed by atoms with van der Waals surface area (Å²) in [6, 6.07) is 4.11. The summed E-state index contributed by atoms with van der Waals surface area (Å²) in [5.74, 6) is -0.561. The van der Waals surface area contributed by atoms with Crippen molar-refractivity contribution in [1.82, 2.24) is 5.32 Å². The average molecular weight is 353 g/mol. The van der Waals surface area contributed by atoms with Gasteiger partial charge in [-0.3, -0.25) is 4.79 Å². The monoisotopic (exact) mass is 351 g/mol. The van der Waals surface area contributed by atoms with Crippen LogP contribution in [0.15, 0.2) is 22.7 Å². The molecule has 88 valence electrons. The van der Waals surface area contributed by atoms with Crippen molar-refractivity contribution in [3.8, 4) is 0 Å². The lowest BCUT2D eigenvalue weighted by Gasteiger charge is -2.14. The van der Waals surface area contributed by atoms with E-state index in [1.54, 1.807) is 0 Å². The van der Waals surface area contributed by atoms with E-state index < -0.39 is 0 Å². The second-order valence-electron chi connectivity index (χ2n) is 3.36. The molecule has 0 aliphatic rings. The van der Waals surface area contributed by atoms with E-state index in [2.05, 4.69) is 37.2 Å². The molecule has 0 aliphatic carbocycles. The number of carbonyl (C=O) groups excluding carboxylic acids is 1. The lowest BCUT2D eigenvalue weighted by molar-refractivity contribution is 0.0939. The summed E-state index contributed by atoms with van der Waals surface area (Å²) in [4.78, 5) is 11.8. The molecule has 16 heavy (non-hydrogen) atoms. The van der Waals surface area contributed by atoms with Crippen molar-refractivity contribution < 1.29 is 9.18 Å². The second-order valence-corrected chi connectivity index (χ2v) is 4.86. The zero-order valence-corrected chi connectivity index (χ0v) is 11.9. The summed E-state index contributed by atoms with van der Waals surface area (Å²) >= 11 is 6.49. The minimum absolute atomic E-state index is 0.0875. The second kappa shape index (κ2) is 6.35. The SMILES string of the molecule is CCC(CBr)NC(=O)c1ccc(F)cc1Br. The van der Waals surface area contributed by atoms with Gasteiger partial charge in [-0.25, -0.2) is 4.39 Å². The van der Waals surface area contributed by atoms with Gasteiger partial charge in [0, 0.05) is 15.8 Å². The Hall–Kier alpha value is -0.420. The Bertz CT molecular complexity index is 380. The Morgan fingerprint density at radius 3 is 2.75 bits per heavy atom. The fourth-order valence-corrected chi connectivity index (χ4v) is 2.34. The van der Waals surface area contributed by atoms with Crippen molar-refractivity contribution in [2.75, 3.05) is 5.33 Å². The van der Waals surface area contributed by atoms with E-state index in [4.69, 9.17) is 0 Å². The van der Waals surface area contributed by atoms with Crippen LogP contribution >= 0.6 is 31.9 Å². The van der Waals surface area contributed by atoms with Crippen molar-refractivity contribution >= 4 is 37.8 Å². The minimum atomic E-state index is -0.365. The first kappa shape index (κ1) is 13.6. The van der Waals surface area contributed by atoms with Crippen LogP contribution in [0.2, 0.25) is 0 Å². The van der Waals surface area contributed by atoms with Gasteiger partial charge in [-0.15, -0.1) is 0 Å². The molecule has 1 amide bonds. The fraction of sp³-hybridized carbons (Fsp3) is 0.364. The van der Waals surface area contributed by atoms with E-state index in [9.17, 15) is 9.18 Å². The minimum Gasteiger partial charge on any atom is -0.348 e. The third kappa shape index (κ3) is 3.56. The molecule has 1 unspecified atom stereocenters. The van der Waals surface area contributed by atoms with Gasteiger partial charge in [0.05, 0.1) is 5.56 Å². The smallest absolute Gasteiger partial charge is 0.252 e. The first-order valence-electron chi connectivity index (χ1n) is 4.90. The number of carbonyl (C=O) groups is 1. The summed E-state index contributed by atoms with van der Waals surface area (Å²) in [6.07, 6.45) is 0.843. The molecule has 0 aliphatic heterocycles. The molecule has 0 saturated heterocycles. The van der Waals surface area contributed by atoms with E-state index >= 15 is 0 Å². The maximum atomic E-state index is 12.8. The quantitative estimate of drug-likeness (QED) is 0.825. The molecule has 0 bridgehead atoms. The number of hydrogen-bond donors (Lipinski definition) is 1. The zero-order chi connectivity index (χ0) is 12.1. The van der Waals surface area contributed by atoms with Gasteiger partial charge in [0.2, 0.25) is 0 Å². The predicted molar refractivity (Wildman–Crippen MR) is 69.4 cm³/mol. The third-order valence-electron chi connectivity index (χ3n) is 2.19. The number of rotatable bonds is 4. The Kier molecular flexibility index (Phi) is 5.41. The van der Waals surface area contributed by atoms with Gasteiger partial charge in [-0.05, 0) is 40.5 Å². The van der Waals surface area contributed by atoms with E-state index in [1.807, 2.05) is 6.92 Å². The maximum absolute atomic E-state index is 12.8. The standard InChI is InChI=1S/C11H12Br2FNO/c1-2-8(6-12)15-11(16)9-4-3-7(14)5-10(9)13/h3-5,8H,2,6H2,1H3,(H,15,16). The van der Waals surface area contributed by atoms with Gasteiger partial charge in [0.1, 0.15) is 5.82 Å². The van der Waals surface area contributed by atoms with Crippen LogP contribution in [-0.4, -0.2) is 17.3 Å². The molecule has 0 saturated carbocycles. The number of halogens is 3. The maximum Gasteiger partial charge on any atom is 0.252 e. The summed E-state index contributed by atoms with van der Waals surface area (Å²) in [5.41, 5.74) is 0.445. The molecule has 0 heterocycles. The molecule has 1 N–H and O–H groups in total. The van der Waals surface area contributed by atoms with Crippen molar-refractivity contribution in [2.45, 2.75) is 19.4 Å². The number of amides is 1. The lowest BCUT2D eigenvalue weighted by Crippen LogP contribution is -2.35. The average Bonchev–Trinajstić information content (AvgIpc) is 2.25. The van der Waals surface area contributed by atoms with Gasteiger partial charge < -0.3 is 5.32 Å². The molecule has 1 aromatic carbocycles. The van der Waals surface area contributed by atoms with Crippen molar-refractivity contribution in [3.05, 3.63) is 34.1 Å². The zero-order valence-electron chi connectivity index (χ0n) is 8.77. The molecule has 5 heteroatoms. The normalized spacial score (nSPS) is 12.2. The van der Waals surface area contributed by atoms with Gasteiger partial charge in [0.15, 0.2) is 0 Å². The third-order valence-corrected chi connectivity index (χ3v) is 3.63. The van der Waals surface area contributed by atoms with Crippen LogP contribution in [0, 0.1) is 5.82 Å². The first-order valence-corrected chi connectivity index (χ1v) is 6.81. The summed E-state index contributed by atoms with van der Waals surface area (Å²) in [5, 5.41) is 3.56. The highest BCUT2D eigenvalue weighted by atomic mass is 79.9. The van der Waals surface area contributed by atoms with E-state index in [0.29, 0.717) is 15.4 Å². The predicted octanol–water partition coefficient (Wildman–Crippen LogP) is 3.49. The van der Waals surface area contributed by atoms with Crippen molar-refractivity contribution in [2.24, 2.45) is 0 Å². The van der Waals surface area contributed by atoms with E-state index in [1.165, 1.54) is 18.2 Å². The van der Waals surface area contributed by atoms with Crippen LogP contribution in [0.25, 0.3) is 0 Å². The summed E-state index contributed by atoms with van der Waals surface area (Å²) in [6.45, 7) is 1.99. The topological polar surface area (TPSA) is 29.1 Å². The summed E-state index contributed by atoms with van der Waals surface area (Å²) in [7, 11) is 0. The largest absolute Gasteiger partial charge is 0.348 e. The molecular weight excluding hydrogens is 341 g/mol. The lowest BCUT2D eigenvalue weighted by atomic mass is 10.2. The van der Waals surface area contributed by atoms with Crippen LogP contribution in [0.5, 0.6) is 0 Å². The molecular formula is C11H12Br2FNO. The molecule has 1 atom stereocenters. The van der Waals surface area contributed by atoms with E-state index in [-0.39, 0.29) is 17.8 Å². The van der Waals surface area contributed by atoms with Crippen LogP contribution in [0.3, 0.4) is 0 Å². The highest BCUT2D eigenvalue weighted by Gasteiger charge is 2.14. The Morgan fingerprint density at radius 1 is 1.56 bits per heavy atom. The van der Waals surface area contributed by atoms with Crippen LogP contribution < -0.4 is 5.32 Å². The molecule has 0 radical (unpaired) electrons. The molecule has 0 fully saturated rings. The number of hydrogen-bond acceptors (Lipinski definition) is 1. The molecule has 0 spiro atoms. The number of nitrogens with one attached hydrogen (secondary N) is 1. The fourth-order valence-electron chi connectivity index (χ4n) is 1.19. The first-order chi connectivity index (χ1) is 7.58. The van der Waals surface area contributed by atoms with Crippen molar-refractivity contribution in [1.29, 1.82) is 0 Å². The van der Waals surface area contributed by atoms with E-state index in [0.717, 1.165) is 6.42 Å². The van der Waals surface area contributed by atoms with Crippen LogP contribution in [0.1, 0.15) is 23.7 Å². The number of alkyl halides is 1. The summed E-state index contributed by atoms with van der Waals surface area (Å²) < 4.78 is 13.3. The molecule has 1 aromatic rings. The van der Waals surface area contributed by atoms with Gasteiger partial charge in [-0.1, -0.05) is 22.9 Å². The number of benzene rings is 1. The Balaban J connectivity index is 2.80. The van der Waals surface area contributed by atoms with Crippen molar-refractivity contribution in [3.63, 3.8) is 0 Å². The highest BCUT2D eigenvalue weighted by Crippen LogP contribution is 2.18. The highest BCUT2D eigenvalue weighted by molar-refractivity contribution is 9.10. The van der Waals surface area contributed by atoms with Crippen LogP contribution in [-0.2, 0) is 0 Å². The van der Waals surface area contributed by atoms with Gasteiger partial charge in [0.25, 0.3) is 5.91 Å². The Morgan fingerprint density at radius 2 is 2.25 bits per heavy atom. The molecule has 0 aromatic heterocycles. The van der Waals surface area contributed by atoms with Gasteiger partial charge in [-0.2, -0.15) is 0 Å². The molecule has 1 rings (SSSR count). The Labute approximate surface area is 111 Å². The molecule has 2 nitrogen and oxygen atoms in total. The van der Waals surface area contributed by atoms with Gasteiger partial charge >= 0.3 is 0 Å². The van der Waals surface area contributed by atoms with Crippen LogP contribution in [0.4, 0.5) is 4.39 Å².